The Bertz CT molecular complexity index is 382. The van der Waals surface area contributed by atoms with Gasteiger partial charge in [0.15, 0.2) is 0 Å². The van der Waals surface area contributed by atoms with Crippen LogP contribution in [0.15, 0.2) is 24.3 Å². The first-order chi connectivity index (χ1) is 8.26. The minimum atomic E-state index is 0.165. The van der Waals surface area contributed by atoms with Crippen LogP contribution in [0.25, 0.3) is 0 Å². The van der Waals surface area contributed by atoms with Gasteiger partial charge in [-0.25, -0.2) is 0 Å². The minimum Gasteiger partial charge on any atom is -0.336 e. The van der Waals surface area contributed by atoms with Gasteiger partial charge in [0.25, 0.3) is 5.91 Å². The minimum absolute atomic E-state index is 0.165. The number of carbonyl (C=O) groups excluding carboxylic acids is 1. The number of benzene rings is 1. The number of carbonyl (C=O) groups is 1. The molecule has 1 fully saturated rings. The molecule has 2 N–H and O–H groups in total. The first-order valence-electron chi connectivity index (χ1n) is 6.36. The highest BCUT2D eigenvalue weighted by Gasteiger charge is 2.32. The summed E-state index contributed by atoms with van der Waals surface area (Å²) in [7, 11) is 0. The van der Waals surface area contributed by atoms with Crippen LogP contribution in [0.1, 0.15) is 42.1 Å². The van der Waals surface area contributed by atoms with E-state index in [4.69, 9.17) is 5.73 Å². The molecule has 1 aliphatic rings. The highest BCUT2D eigenvalue weighted by molar-refractivity contribution is 5.94. The second-order valence-corrected chi connectivity index (χ2v) is 4.63. The summed E-state index contributed by atoms with van der Waals surface area (Å²) >= 11 is 0. The van der Waals surface area contributed by atoms with E-state index in [1.54, 1.807) is 0 Å². The van der Waals surface area contributed by atoms with Crippen LogP contribution in [-0.2, 0) is 6.54 Å². The Morgan fingerprint density at radius 3 is 2.47 bits per heavy atom. The van der Waals surface area contributed by atoms with Crippen LogP contribution in [0.5, 0.6) is 0 Å². The van der Waals surface area contributed by atoms with Crippen LogP contribution in [0.4, 0.5) is 0 Å². The zero-order chi connectivity index (χ0) is 12.3. The van der Waals surface area contributed by atoms with Gasteiger partial charge in [-0.2, -0.15) is 0 Å². The normalized spacial score (nSPS) is 14.7. The molecule has 17 heavy (non-hydrogen) atoms. The van der Waals surface area contributed by atoms with Crippen molar-refractivity contribution in [1.82, 2.24) is 4.90 Å². The third-order valence-electron chi connectivity index (χ3n) is 3.15. The fourth-order valence-electron chi connectivity index (χ4n) is 2.03. The summed E-state index contributed by atoms with van der Waals surface area (Å²) < 4.78 is 0. The Morgan fingerprint density at radius 1 is 1.35 bits per heavy atom. The molecule has 1 amide bonds. The Morgan fingerprint density at radius 2 is 2.00 bits per heavy atom. The fourth-order valence-corrected chi connectivity index (χ4v) is 2.03. The standard InChI is InChI=1S/C14H20N2O/c1-2-9-16(13-7-8-13)14(17)12-5-3-11(10-15)4-6-12/h3-6,13H,2,7-10,15H2,1H3. The molecule has 0 aromatic heterocycles. The average molecular weight is 232 g/mol. The lowest BCUT2D eigenvalue weighted by molar-refractivity contribution is 0.0743. The maximum absolute atomic E-state index is 12.3. The number of hydrogen-bond acceptors (Lipinski definition) is 2. The van der Waals surface area contributed by atoms with Crippen molar-refractivity contribution in [3.05, 3.63) is 35.4 Å². The molecule has 0 spiro atoms. The van der Waals surface area contributed by atoms with Gasteiger partial charge in [0.05, 0.1) is 0 Å². The van der Waals surface area contributed by atoms with E-state index in [1.165, 1.54) is 0 Å². The lowest BCUT2D eigenvalue weighted by atomic mass is 10.1. The predicted octanol–water partition coefficient (Wildman–Crippen LogP) is 2.16. The van der Waals surface area contributed by atoms with Crippen molar-refractivity contribution in [2.45, 2.75) is 38.8 Å². The monoisotopic (exact) mass is 232 g/mol. The summed E-state index contributed by atoms with van der Waals surface area (Å²) in [5.41, 5.74) is 7.39. The van der Waals surface area contributed by atoms with Gasteiger partial charge in [0, 0.05) is 24.7 Å². The van der Waals surface area contributed by atoms with Crippen LogP contribution in [0.3, 0.4) is 0 Å². The van der Waals surface area contributed by atoms with Gasteiger partial charge in [0.1, 0.15) is 0 Å². The van der Waals surface area contributed by atoms with Crippen molar-refractivity contribution < 1.29 is 4.79 Å². The fraction of sp³-hybridized carbons (Fsp3) is 0.500. The van der Waals surface area contributed by atoms with Gasteiger partial charge in [-0.05, 0) is 37.0 Å². The van der Waals surface area contributed by atoms with E-state index in [0.29, 0.717) is 12.6 Å². The van der Waals surface area contributed by atoms with Crippen LogP contribution in [0.2, 0.25) is 0 Å². The lowest BCUT2D eigenvalue weighted by Gasteiger charge is -2.21. The summed E-state index contributed by atoms with van der Waals surface area (Å²) in [6.07, 6.45) is 3.34. The van der Waals surface area contributed by atoms with Gasteiger partial charge in [-0.15, -0.1) is 0 Å². The zero-order valence-corrected chi connectivity index (χ0v) is 10.4. The van der Waals surface area contributed by atoms with E-state index >= 15 is 0 Å². The molecule has 0 unspecified atom stereocenters. The summed E-state index contributed by atoms with van der Waals surface area (Å²) in [6.45, 7) is 3.50. The first kappa shape index (κ1) is 12.1. The van der Waals surface area contributed by atoms with Crippen LogP contribution >= 0.6 is 0 Å². The molecule has 2 rings (SSSR count). The van der Waals surface area contributed by atoms with E-state index in [2.05, 4.69) is 6.92 Å². The molecule has 0 heterocycles. The molecule has 0 saturated heterocycles. The quantitative estimate of drug-likeness (QED) is 0.845. The zero-order valence-electron chi connectivity index (χ0n) is 10.4. The number of nitrogens with two attached hydrogens (primary N) is 1. The van der Waals surface area contributed by atoms with Crippen molar-refractivity contribution in [2.75, 3.05) is 6.54 Å². The molecule has 0 atom stereocenters. The van der Waals surface area contributed by atoms with Gasteiger partial charge in [-0.3, -0.25) is 4.79 Å². The molecule has 3 heteroatoms. The molecule has 0 aliphatic heterocycles. The first-order valence-corrected chi connectivity index (χ1v) is 6.36. The van der Waals surface area contributed by atoms with Crippen molar-refractivity contribution in [3.8, 4) is 0 Å². The largest absolute Gasteiger partial charge is 0.336 e. The maximum Gasteiger partial charge on any atom is 0.254 e. The average Bonchev–Trinajstić information content (AvgIpc) is 3.19. The Hall–Kier alpha value is -1.35. The van der Waals surface area contributed by atoms with Gasteiger partial charge < -0.3 is 10.6 Å². The molecule has 0 radical (unpaired) electrons. The second-order valence-electron chi connectivity index (χ2n) is 4.63. The van der Waals surface area contributed by atoms with Crippen molar-refractivity contribution in [2.24, 2.45) is 5.73 Å². The third kappa shape index (κ3) is 2.86. The Labute approximate surface area is 103 Å². The molecule has 92 valence electrons. The number of amides is 1. The van der Waals surface area contributed by atoms with Gasteiger partial charge >= 0.3 is 0 Å². The number of nitrogens with zero attached hydrogens (tertiary/aromatic N) is 1. The number of hydrogen-bond donors (Lipinski definition) is 1. The molecular formula is C14H20N2O. The van der Waals surface area contributed by atoms with Crippen LogP contribution < -0.4 is 5.73 Å². The summed E-state index contributed by atoms with van der Waals surface area (Å²) in [6, 6.07) is 8.12. The summed E-state index contributed by atoms with van der Waals surface area (Å²) in [4.78, 5) is 14.3. The molecular weight excluding hydrogens is 212 g/mol. The second kappa shape index (κ2) is 5.32. The Kier molecular flexibility index (Phi) is 3.79. The van der Waals surface area contributed by atoms with Crippen LogP contribution in [0, 0.1) is 0 Å². The maximum atomic E-state index is 12.3. The molecule has 0 bridgehead atoms. The van der Waals surface area contributed by atoms with E-state index < -0.39 is 0 Å². The van der Waals surface area contributed by atoms with Crippen molar-refractivity contribution in [3.63, 3.8) is 0 Å². The molecule has 1 saturated carbocycles. The molecule has 1 aromatic rings. The van der Waals surface area contributed by atoms with E-state index in [9.17, 15) is 4.79 Å². The summed E-state index contributed by atoms with van der Waals surface area (Å²) in [5.74, 6) is 0.165. The van der Waals surface area contributed by atoms with Gasteiger partial charge in [0.2, 0.25) is 0 Å². The van der Waals surface area contributed by atoms with E-state index in [0.717, 1.165) is 36.9 Å². The van der Waals surface area contributed by atoms with Crippen LogP contribution in [-0.4, -0.2) is 23.4 Å². The highest BCUT2D eigenvalue weighted by atomic mass is 16.2. The molecule has 1 aliphatic carbocycles. The smallest absolute Gasteiger partial charge is 0.254 e. The predicted molar refractivity (Wildman–Crippen MR) is 68.7 cm³/mol. The SMILES string of the molecule is CCCN(C(=O)c1ccc(CN)cc1)C1CC1. The van der Waals surface area contributed by atoms with E-state index in [1.807, 2.05) is 29.2 Å². The lowest BCUT2D eigenvalue weighted by Crippen LogP contribution is -2.33. The van der Waals surface area contributed by atoms with Gasteiger partial charge in [-0.1, -0.05) is 19.1 Å². The van der Waals surface area contributed by atoms with Crippen molar-refractivity contribution in [1.29, 1.82) is 0 Å². The highest BCUT2D eigenvalue weighted by Crippen LogP contribution is 2.28. The van der Waals surface area contributed by atoms with E-state index in [-0.39, 0.29) is 5.91 Å². The topological polar surface area (TPSA) is 46.3 Å². The van der Waals surface area contributed by atoms with Crippen molar-refractivity contribution >= 4 is 5.91 Å². The molecule has 3 nitrogen and oxygen atoms in total. The molecule has 1 aromatic carbocycles. The third-order valence-corrected chi connectivity index (χ3v) is 3.15. The Balaban J connectivity index is 2.10. The summed E-state index contributed by atoms with van der Waals surface area (Å²) in [5, 5.41) is 0. The number of rotatable bonds is 5.